The van der Waals surface area contributed by atoms with E-state index in [4.69, 9.17) is 22.6 Å². The van der Waals surface area contributed by atoms with Crippen LogP contribution in [0.4, 0.5) is 0 Å². The van der Waals surface area contributed by atoms with Crippen molar-refractivity contribution in [1.82, 2.24) is 0 Å². The molecule has 0 aromatic heterocycles. The Morgan fingerprint density at radius 2 is 0.842 bits per heavy atom. The van der Waals surface area contributed by atoms with Crippen molar-refractivity contribution in [2.24, 2.45) is 0 Å². The second-order valence-electron chi connectivity index (χ2n) is 12.7. The first kappa shape index (κ1) is 35.7. The van der Waals surface area contributed by atoms with E-state index in [-0.39, 0.29) is 43.8 Å². The SMILES string of the molecule is [C-]#[N+]/C(C#N)=C1/c2ccccc2-c2c(C(=O)Oc3ccc(S(=O)(=O)c4ccc(OC(=O)c5cccc6c5-c5ccccc5/C6=C(/C#N)[N+]#[C-])cc4)cc3)cccc21. The zero-order valence-corrected chi connectivity index (χ0v) is 30.2. The van der Waals surface area contributed by atoms with Crippen LogP contribution in [0.25, 0.3) is 43.1 Å². The highest BCUT2D eigenvalue weighted by Crippen LogP contribution is 2.49. The number of hydrogen-bond acceptors (Lipinski definition) is 8. The molecule has 0 atom stereocenters. The molecular weight excluding hydrogens is 737 g/mol. The molecule has 0 N–H and O–H groups in total. The number of fused-ring (bicyclic) bond motifs is 6. The highest BCUT2D eigenvalue weighted by molar-refractivity contribution is 7.91. The highest BCUT2D eigenvalue weighted by atomic mass is 32.2. The lowest BCUT2D eigenvalue weighted by atomic mass is 9.99. The molecule has 0 bridgehead atoms. The van der Waals surface area contributed by atoms with Crippen LogP contribution in [-0.4, -0.2) is 20.4 Å². The number of sulfone groups is 1. The molecule has 0 aliphatic heterocycles. The molecule has 2 aliphatic carbocycles. The molecule has 6 aromatic carbocycles. The Balaban J connectivity index is 1.01. The number of nitrogens with zero attached hydrogens (tertiary/aromatic N) is 4. The monoisotopic (exact) mass is 758 g/mol. The van der Waals surface area contributed by atoms with Gasteiger partial charge in [-0.05, 0) is 94.0 Å². The maximum Gasteiger partial charge on any atom is 0.344 e. The van der Waals surface area contributed by atoms with Crippen LogP contribution >= 0.6 is 0 Å². The van der Waals surface area contributed by atoms with Gasteiger partial charge in [-0.1, -0.05) is 72.8 Å². The van der Waals surface area contributed by atoms with Crippen molar-refractivity contribution >= 4 is 32.9 Å². The summed E-state index contributed by atoms with van der Waals surface area (Å²) in [4.78, 5) is 33.7. The first-order valence-electron chi connectivity index (χ1n) is 17.1. The lowest BCUT2D eigenvalue weighted by Crippen LogP contribution is -2.11. The van der Waals surface area contributed by atoms with Gasteiger partial charge < -0.3 is 9.47 Å². The van der Waals surface area contributed by atoms with Crippen molar-refractivity contribution < 1.29 is 27.5 Å². The molecular formula is C46H22N4O6S. The van der Waals surface area contributed by atoms with Crippen LogP contribution in [-0.2, 0) is 9.84 Å². The van der Waals surface area contributed by atoms with Gasteiger partial charge in [-0.25, -0.2) is 38.2 Å². The van der Waals surface area contributed by atoms with Gasteiger partial charge in [0.2, 0.25) is 9.84 Å². The van der Waals surface area contributed by atoms with Crippen molar-refractivity contribution in [2.75, 3.05) is 0 Å². The molecule has 0 saturated carbocycles. The number of benzene rings is 6. The van der Waals surface area contributed by atoms with Crippen LogP contribution in [0.2, 0.25) is 0 Å². The van der Waals surface area contributed by atoms with Gasteiger partial charge in [0.25, 0.3) is 11.4 Å². The molecule has 6 aromatic rings. The van der Waals surface area contributed by atoms with E-state index in [0.29, 0.717) is 55.7 Å². The van der Waals surface area contributed by atoms with Gasteiger partial charge in [-0.2, -0.15) is 0 Å². The van der Waals surface area contributed by atoms with Crippen molar-refractivity contribution in [3.05, 3.63) is 201 Å². The van der Waals surface area contributed by atoms with Gasteiger partial charge in [-0.15, -0.1) is 0 Å². The number of hydrogen-bond donors (Lipinski definition) is 0. The van der Waals surface area contributed by atoms with E-state index < -0.39 is 21.8 Å². The number of allylic oxidation sites excluding steroid dienone is 2. The maximum atomic E-state index is 13.6. The Hall–Kier alpha value is -8.35. The van der Waals surface area contributed by atoms with Crippen molar-refractivity contribution in [2.45, 2.75) is 9.79 Å². The molecule has 0 radical (unpaired) electrons. The predicted octanol–water partition coefficient (Wildman–Crippen LogP) is 9.32. The van der Waals surface area contributed by atoms with Crippen LogP contribution in [0.15, 0.2) is 155 Å². The lowest BCUT2D eigenvalue weighted by Gasteiger charge is -2.11. The van der Waals surface area contributed by atoms with E-state index >= 15 is 0 Å². The third-order valence-electron chi connectivity index (χ3n) is 9.64. The van der Waals surface area contributed by atoms with E-state index in [9.17, 15) is 28.5 Å². The smallest absolute Gasteiger partial charge is 0.344 e. The maximum absolute atomic E-state index is 13.6. The Kier molecular flexibility index (Phi) is 8.85. The van der Waals surface area contributed by atoms with E-state index in [2.05, 4.69) is 9.69 Å². The first-order valence-corrected chi connectivity index (χ1v) is 18.6. The second kappa shape index (κ2) is 14.1. The van der Waals surface area contributed by atoms with Crippen LogP contribution in [0, 0.1) is 35.8 Å². The molecule has 2 aliphatic rings. The van der Waals surface area contributed by atoms with Crippen LogP contribution in [0.1, 0.15) is 43.0 Å². The number of carbonyl (C=O) groups is 2. The minimum absolute atomic E-state index is 0.0712. The number of rotatable bonds is 6. The Morgan fingerprint density at radius 1 is 0.491 bits per heavy atom. The summed E-state index contributed by atoms with van der Waals surface area (Å²) in [6.07, 6.45) is 0. The summed E-state index contributed by atoms with van der Waals surface area (Å²) in [7, 11) is -4.05. The van der Waals surface area contributed by atoms with E-state index in [1.807, 2.05) is 12.1 Å². The minimum atomic E-state index is -4.05. The summed E-state index contributed by atoms with van der Waals surface area (Å²) in [6.45, 7) is 15.0. The zero-order chi connectivity index (χ0) is 39.8. The molecule has 0 saturated heterocycles. The molecule has 0 fully saturated rings. The molecule has 8 rings (SSSR count). The van der Waals surface area contributed by atoms with Gasteiger partial charge in [0.1, 0.15) is 11.5 Å². The van der Waals surface area contributed by atoms with Gasteiger partial charge in [0.05, 0.1) is 46.2 Å². The van der Waals surface area contributed by atoms with Crippen molar-refractivity contribution in [3.63, 3.8) is 0 Å². The van der Waals surface area contributed by atoms with E-state index in [0.717, 1.165) is 0 Å². The fraction of sp³-hybridized carbons (Fsp3) is 0. The van der Waals surface area contributed by atoms with Crippen molar-refractivity contribution in [1.29, 1.82) is 10.5 Å². The second-order valence-corrected chi connectivity index (χ2v) is 14.6. The fourth-order valence-electron chi connectivity index (χ4n) is 7.19. The van der Waals surface area contributed by atoms with Gasteiger partial charge in [0, 0.05) is 22.3 Å². The van der Waals surface area contributed by atoms with Gasteiger partial charge >= 0.3 is 11.9 Å². The third-order valence-corrected chi connectivity index (χ3v) is 11.4. The predicted molar refractivity (Wildman–Crippen MR) is 208 cm³/mol. The summed E-state index contributed by atoms with van der Waals surface area (Å²) in [5.41, 5.74) is 6.01. The normalized spacial score (nSPS) is 13.5. The Labute approximate surface area is 326 Å². The molecule has 0 unspecified atom stereocenters. The third kappa shape index (κ3) is 5.91. The number of nitriles is 2. The molecule has 0 heterocycles. The number of esters is 2. The Morgan fingerprint density at radius 3 is 1.19 bits per heavy atom. The lowest BCUT2D eigenvalue weighted by molar-refractivity contribution is 0.0726. The number of ether oxygens (including phenoxy) is 2. The highest BCUT2D eigenvalue weighted by Gasteiger charge is 2.32. The summed E-state index contributed by atoms with van der Waals surface area (Å²) in [5, 5.41) is 19.3. The molecule has 0 amide bonds. The molecule has 268 valence electrons. The summed E-state index contributed by atoms with van der Waals surface area (Å²) < 4.78 is 38.5. The minimum Gasteiger partial charge on any atom is -0.423 e. The molecule has 11 heteroatoms. The summed E-state index contributed by atoms with van der Waals surface area (Å²) in [5.74, 6) is -1.23. The van der Waals surface area contributed by atoms with E-state index in [1.165, 1.54) is 48.5 Å². The Bertz CT molecular complexity index is 2860. The largest absolute Gasteiger partial charge is 0.423 e. The average molecular weight is 759 g/mol. The standard InChI is InChI=1S/C46H22N4O6S/c1-49-39(25-47)43-33-11-5-3-9-31(33)41-35(43)13-7-15-37(41)45(51)55-27-17-21-29(22-18-27)57(53,54)30-23-19-28(20-24-30)56-46(52)38-16-8-14-36-42(38)32-10-4-6-12-34(32)44(36)40(26-48)50-2/h3-24H/b43-39-,44-40+. The van der Waals surface area contributed by atoms with Crippen LogP contribution in [0.3, 0.4) is 0 Å². The van der Waals surface area contributed by atoms with Crippen LogP contribution in [0.5, 0.6) is 11.5 Å². The fourth-order valence-corrected chi connectivity index (χ4v) is 8.45. The molecule has 57 heavy (non-hydrogen) atoms. The van der Waals surface area contributed by atoms with Crippen molar-refractivity contribution in [3.8, 4) is 45.9 Å². The first-order chi connectivity index (χ1) is 27.7. The molecule has 0 spiro atoms. The summed E-state index contributed by atoms with van der Waals surface area (Å²) >= 11 is 0. The number of carbonyl (C=O) groups excluding carboxylic acids is 2. The zero-order valence-electron chi connectivity index (χ0n) is 29.3. The van der Waals surface area contributed by atoms with Gasteiger partial charge in [0.15, 0.2) is 0 Å². The molecule has 10 nitrogen and oxygen atoms in total. The topological polar surface area (TPSA) is 143 Å². The quantitative estimate of drug-likeness (QED) is 0.0707. The van der Waals surface area contributed by atoms with Gasteiger partial charge in [-0.3, -0.25) is 0 Å². The van der Waals surface area contributed by atoms with Crippen LogP contribution < -0.4 is 9.47 Å². The summed E-state index contributed by atoms with van der Waals surface area (Å²) in [6, 6.07) is 38.9. The van der Waals surface area contributed by atoms with E-state index in [1.54, 1.807) is 84.9 Å². The average Bonchev–Trinajstić information content (AvgIpc) is 3.76.